The second-order valence-electron chi connectivity index (χ2n) is 5.42. The van der Waals surface area contributed by atoms with Gasteiger partial charge in [0.25, 0.3) is 0 Å². The molecule has 1 aromatic carbocycles. The number of benzene rings is 1. The van der Waals surface area contributed by atoms with Crippen molar-refractivity contribution in [3.63, 3.8) is 0 Å². The molecule has 1 saturated carbocycles. The van der Waals surface area contributed by atoms with Crippen molar-refractivity contribution in [3.8, 4) is 5.75 Å². The fourth-order valence-corrected chi connectivity index (χ4v) is 3.17. The molecule has 2 rings (SSSR count). The summed E-state index contributed by atoms with van der Waals surface area (Å²) >= 11 is 3.45. The van der Waals surface area contributed by atoms with Crippen molar-refractivity contribution >= 4 is 21.8 Å². The number of rotatable bonds is 4. The Kier molecular flexibility index (Phi) is 5.05. The molecule has 5 heteroatoms. The van der Waals surface area contributed by atoms with Gasteiger partial charge in [-0.15, -0.1) is 0 Å². The van der Waals surface area contributed by atoms with Gasteiger partial charge in [0, 0.05) is 35.6 Å². The van der Waals surface area contributed by atoms with Gasteiger partial charge in [-0.3, -0.25) is 4.79 Å². The van der Waals surface area contributed by atoms with E-state index in [4.69, 9.17) is 10.5 Å². The maximum Gasteiger partial charge on any atom is 0.225 e. The Labute approximate surface area is 128 Å². The van der Waals surface area contributed by atoms with E-state index in [9.17, 15) is 4.79 Å². The summed E-state index contributed by atoms with van der Waals surface area (Å²) in [4.78, 5) is 14.2. The van der Waals surface area contributed by atoms with Crippen molar-refractivity contribution in [2.24, 2.45) is 11.7 Å². The number of halogens is 1. The summed E-state index contributed by atoms with van der Waals surface area (Å²) in [7, 11) is 3.48. The van der Waals surface area contributed by atoms with Gasteiger partial charge >= 0.3 is 0 Å². The predicted octanol–water partition coefficient (Wildman–Crippen LogP) is 2.54. The number of ether oxygens (including phenoxy) is 1. The highest BCUT2D eigenvalue weighted by atomic mass is 79.9. The molecule has 0 bridgehead atoms. The lowest BCUT2D eigenvalue weighted by Gasteiger charge is -2.22. The fourth-order valence-electron chi connectivity index (χ4n) is 2.76. The highest BCUT2D eigenvalue weighted by molar-refractivity contribution is 9.10. The molecule has 0 aliphatic heterocycles. The van der Waals surface area contributed by atoms with Gasteiger partial charge in [0.1, 0.15) is 5.75 Å². The van der Waals surface area contributed by atoms with Crippen molar-refractivity contribution in [3.05, 3.63) is 28.2 Å². The van der Waals surface area contributed by atoms with Gasteiger partial charge in [0.2, 0.25) is 5.91 Å². The minimum Gasteiger partial charge on any atom is -0.496 e. The van der Waals surface area contributed by atoms with Crippen LogP contribution in [0.25, 0.3) is 0 Å². The lowest BCUT2D eigenvalue weighted by molar-refractivity contribution is -0.134. The molecule has 110 valence electrons. The van der Waals surface area contributed by atoms with Crippen molar-refractivity contribution in [1.82, 2.24) is 4.90 Å². The first-order chi connectivity index (χ1) is 9.51. The minimum absolute atomic E-state index is 0.0770. The highest BCUT2D eigenvalue weighted by Gasteiger charge is 2.29. The van der Waals surface area contributed by atoms with E-state index in [0.29, 0.717) is 6.54 Å². The van der Waals surface area contributed by atoms with Crippen LogP contribution >= 0.6 is 15.9 Å². The van der Waals surface area contributed by atoms with Crippen LogP contribution in [0.5, 0.6) is 5.75 Å². The van der Waals surface area contributed by atoms with E-state index in [0.717, 1.165) is 35.0 Å². The highest BCUT2D eigenvalue weighted by Crippen LogP contribution is 2.28. The number of hydrogen-bond donors (Lipinski definition) is 1. The number of nitrogens with zero attached hydrogens (tertiary/aromatic N) is 1. The molecule has 1 aromatic rings. The molecule has 2 atom stereocenters. The van der Waals surface area contributed by atoms with Crippen LogP contribution in [0.3, 0.4) is 0 Å². The average Bonchev–Trinajstić information content (AvgIpc) is 2.84. The molecule has 1 fully saturated rings. The van der Waals surface area contributed by atoms with Crippen molar-refractivity contribution in [2.45, 2.75) is 31.8 Å². The Hall–Kier alpha value is -1.07. The van der Waals surface area contributed by atoms with Crippen LogP contribution in [-0.4, -0.2) is 31.0 Å². The summed E-state index contributed by atoms with van der Waals surface area (Å²) in [6.07, 6.45) is 2.66. The quantitative estimate of drug-likeness (QED) is 0.916. The number of carbonyl (C=O) groups is 1. The van der Waals surface area contributed by atoms with Gasteiger partial charge in [-0.25, -0.2) is 0 Å². The zero-order valence-electron chi connectivity index (χ0n) is 11.9. The van der Waals surface area contributed by atoms with Gasteiger partial charge in [-0.2, -0.15) is 0 Å². The molecule has 0 aromatic heterocycles. The fraction of sp³-hybridized carbons (Fsp3) is 0.533. The first kappa shape index (κ1) is 15.3. The molecule has 0 radical (unpaired) electrons. The zero-order valence-corrected chi connectivity index (χ0v) is 13.5. The van der Waals surface area contributed by atoms with Gasteiger partial charge in [-0.1, -0.05) is 15.9 Å². The van der Waals surface area contributed by atoms with Crippen molar-refractivity contribution in [2.75, 3.05) is 14.2 Å². The average molecular weight is 341 g/mol. The standard InChI is InChI=1S/C15H21BrN2O2/c1-18(15(19)10-3-5-13(17)8-10)9-11-7-12(16)4-6-14(11)20-2/h4,6-7,10,13H,3,5,8-9,17H2,1-2H3. The van der Waals surface area contributed by atoms with Gasteiger partial charge in [0.05, 0.1) is 7.11 Å². The molecule has 1 amide bonds. The largest absolute Gasteiger partial charge is 0.496 e. The lowest BCUT2D eigenvalue weighted by Crippen LogP contribution is -2.32. The first-order valence-electron chi connectivity index (χ1n) is 6.84. The van der Waals surface area contributed by atoms with Crippen molar-refractivity contribution in [1.29, 1.82) is 0 Å². The van der Waals surface area contributed by atoms with Crippen LogP contribution in [0.4, 0.5) is 0 Å². The van der Waals surface area contributed by atoms with Crippen LogP contribution in [-0.2, 0) is 11.3 Å². The third-order valence-corrected chi connectivity index (χ3v) is 4.34. The molecule has 0 spiro atoms. The number of nitrogens with two attached hydrogens (primary N) is 1. The van der Waals surface area contributed by atoms with Crippen LogP contribution in [0.1, 0.15) is 24.8 Å². The van der Waals surface area contributed by atoms with E-state index in [1.165, 1.54) is 0 Å². The summed E-state index contributed by atoms with van der Waals surface area (Å²) in [6.45, 7) is 0.549. The van der Waals surface area contributed by atoms with Crippen LogP contribution in [0, 0.1) is 5.92 Å². The Bertz CT molecular complexity index is 493. The third kappa shape index (κ3) is 3.52. The first-order valence-corrected chi connectivity index (χ1v) is 7.63. The van der Waals surface area contributed by atoms with E-state index in [1.807, 2.05) is 25.2 Å². The summed E-state index contributed by atoms with van der Waals surface area (Å²) in [5.41, 5.74) is 6.88. The summed E-state index contributed by atoms with van der Waals surface area (Å²) in [6, 6.07) is 6.00. The van der Waals surface area contributed by atoms with Gasteiger partial charge in [0.15, 0.2) is 0 Å². The normalized spacial score (nSPS) is 21.8. The summed E-state index contributed by atoms with van der Waals surface area (Å²) in [5.74, 6) is 1.06. The summed E-state index contributed by atoms with van der Waals surface area (Å²) < 4.78 is 6.33. The van der Waals surface area contributed by atoms with Crippen molar-refractivity contribution < 1.29 is 9.53 Å². The Morgan fingerprint density at radius 3 is 2.85 bits per heavy atom. The molecule has 0 saturated heterocycles. The van der Waals surface area contributed by atoms with Crippen LogP contribution in [0.2, 0.25) is 0 Å². The van der Waals surface area contributed by atoms with E-state index >= 15 is 0 Å². The molecule has 1 aliphatic carbocycles. The second kappa shape index (κ2) is 6.59. The molecule has 4 nitrogen and oxygen atoms in total. The number of carbonyl (C=O) groups excluding carboxylic acids is 1. The monoisotopic (exact) mass is 340 g/mol. The summed E-state index contributed by atoms with van der Waals surface area (Å²) in [5, 5.41) is 0. The number of amides is 1. The molecule has 2 N–H and O–H groups in total. The predicted molar refractivity (Wildman–Crippen MR) is 82.5 cm³/mol. The number of methoxy groups -OCH3 is 1. The Balaban J connectivity index is 2.05. The van der Waals surface area contributed by atoms with E-state index < -0.39 is 0 Å². The topological polar surface area (TPSA) is 55.6 Å². The minimum atomic E-state index is 0.0770. The van der Waals surface area contributed by atoms with Gasteiger partial charge < -0.3 is 15.4 Å². The van der Waals surface area contributed by atoms with E-state index in [-0.39, 0.29) is 17.9 Å². The van der Waals surface area contributed by atoms with E-state index in [2.05, 4.69) is 15.9 Å². The maximum absolute atomic E-state index is 12.4. The maximum atomic E-state index is 12.4. The van der Waals surface area contributed by atoms with Gasteiger partial charge in [-0.05, 0) is 37.5 Å². The lowest BCUT2D eigenvalue weighted by atomic mass is 10.1. The molecule has 1 aliphatic rings. The molecule has 0 heterocycles. The molecular weight excluding hydrogens is 320 g/mol. The second-order valence-corrected chi connectivity index (χ2v) is 6.34. The number of hydrogen-bond acceptors (Lipinski definition) is 3. The molecule has 2 unspecified atom stereocenters. The van der Waals surface area contributed by atoms with Crippen LogP contribution in [0.15, 0.2) is 22.7 Å². The zero-order chi connectivity index (χ0) is 14.7. The van der Waals surface area contributed by atoms with E-state index in [1.54, 1.807) is 12.0 Å². The third-order valence-electron chi connectivity index (χ3n) is 3.85. The Morgan fingerprint density at radius 2 is 2.25 bits per heavy atom. The smallest absolute Gasteiger partial charge is 0.225 e. The molecule has 20 heavy (non-hydrogen) atoms. The Morgan fingerprint density at radius 1 is 1.50 bits per heavy atom. The SMILES string of the molecule is COc1ccc(Br)cc1CN(C)C(=O)C1CCC(N)C1. The van der Waals surface area contributed by atoms with Crippen LogP contribution < -0.4 is 10.5 Å². The molecular formula is C15H21BrN2O2.